The summed E-state index contributed by atoms with van der Waals surface area (Å²) in [6, 6.07) is 5.83. The summed E-state index contributed by atoms with van der Waals surface area (Å²) in [5.41, 5.74) is 0. The smallest absolute Gasteiger partial charge is 0.234 e. The summed E-state index contributed by atoms with van der Waals surface area (Å²) in [6.07, 6.45) is 1.78. The second-order valence-electron chi connectivity index (χ2n) is 4.33. The van der Waals surface area contributed by atoms with Crippen LogP contribution in [0.2, 0.25) is 0 Å². The van der Waals surface area contributed by atoms with E-state index in [1.54, 1.807) is 18.0 Å². The van der Waals surface area contributed by atoms with Crippen LogP contribution in [0.15, 0.2) is 24.4 Å². The van der Waals surface area contributed by atoms with Crippen molar-refractivity contribution in [3.63, 3.8) is 0 Å². The number of pyridine rings is 1. The molecule has 1 saturated heterocycles. The van der Waals surface area contributed by atoms with Crippen molar-refractivity contribution in [3.8, 4) is 0 Å². The molecule has 0 saturated carbocycles. The van der Waals surface area contributed by atoms with Gasteiger partial charge in [-0.1, -0.05) is 6.07 Å². The highest BCUT2D eigenvalue weighted by atomic mass is 32.2. The van der Waals surface area contributed by atoms with E-state index in [1.807, 2.05) is 41.9 Å². The molecule has 0 aromatic carbocycles. The van der Waals surface area contributed by atoms with E-state index in [4.69, 9.17) is 0 Å². The Labute approximate surface area is 122 Å². The zero-order valence-corrected chi connectivity index (χ0v) is 12.7. The number of nitrogens with one attached hydrogen (secondary N) is 1. The van der Waals surface area contributed by atoms with Crippen molar-refractivity contribution in [2.45, 2.75) is 5.25 Å². The second-order valence-corrected chi connectivity index (χ2v) is 6.80. The lowest BCUT2D eigenvalue weighted by molar-refractivity contribution is -0.120. The number of amides is 1. The fourth-order valence-corrected chi connectivity index (χ4v) is 4.38. The van der Waals surface area contributed by atoms with E-state index in [-0.39, 0.29) is 11.2 Å². The maximum absolute atomic E-state index is 11.9. The van der Waals surface area contributed by atoms with Gasteiger partial charge in [-0.25, -0.2) is 4.98 Å². The van der Waals surface area contributed by atoms with Crippen molar-refractivity contribution in [1.29, 1.82) is 0 Å². The lowest BCUT2D eigenvalue weighted by Crippen LogP contribution is -2.40. The monoisotopic (exact) mass is 297 g/mol. The van der Waals surface area contributed by atoms with Gasteiger partial charge in [0, 0.05) is 43.6 Å². The number of rotatable bonds is 5. The molecule has 19 heavy (non-hydrogen) atoms. The first-order valence-electron chi connectivity index (χ1n) is 6.36. The lowest BCUT2D eigenvalue weighted by Gasteiger charge is -2.22. The van der Waals surface area contributed by atoms with Crippen molar-refractivity contribution >= 4 is 35.2 Å². The van der Waals surface area contributed by atoms with Crippen molar-refractivity contribution < 1.29 is 4.79 Å². The Bertz CT molecular complexity index is 396. The Kier molecular flexibility index (Phi) is 5.85. The average molecular weight is 297 g/mol. The summed E-state index contributed by atoms with van der Waals surface area (Å²) in [5, 5.41) is 3.13. The quantitative estimate of drug-likeness (QED) is 0.892. The molecule has 0 aliphatic carbocycles. The summed E-state index contributed by atoms with van der Waals surface area (Å²) < 4.78 is 0. The molecule has 104 valence electrons. The summed E-state index contributed by atoms with van der Waals surface area (Å²) in [7, 11) is 1.99. The number of hydrogen-bond acceptors (Lipinski definition) is 5. The van der Waals surface area contributed by atoms with Crippen LogP contribution in [0.4, 0.5) is 5.82 Å². The number of aromatic nitrogens is 1. The molecule has 6 heteroatoms. The molecule has 4 nitrogen and oxygen atoms in total. The molecule has 2 heterocycles. The Morgan fingerprint density at radius 3 is 3.11 bits per heavy atom. The van der Waals surface area contributed by atoms with Crippen molar-refractivity contribution in [3.05, 3.63) is 24.4 Å². The summed E-state index contributed by atoms with van der Waals surface area (Å²) >= 11 is 3.63. The number of anilines is 1. The molecule has 0 radical (unpaired) electrons. The first-order chi connectivity index (χ1) is 9.27. The van der Waals surface area contributed by atoms with Gasteiger partial charge < -0.3 is 10.2 Å². The Hall–Kier alpha value is -0.880. The topological polar surface area (TPSA) is 45.2 Å². The number of likely N-dealkylation sites (N-methyl/N-ethyl adjacent to an activating group) is 1. The SMILES string of the molecule is CN(CCNC(=O)C1CSCCS1)c1ccccn1. The minimum Gasteiger partial charge on any atom is -0.358 e. The number of nitrogens with zero attached hydrogens (tertiary/aromatic N) is 2. The van der Waals surface area contributed by atoms with E-state index in [9.17, 15) is 4.79 Å². The molecule has 0 bridgehead atoms. The summed E-state index contributed by atoms with van der Waals surface area (Å²) in [5.74, 6) is 4.28. The van der Waals surface area contributed by atoms with Crippen LogP contribution in [-0.2, 0) is 4.79 Å². The van der Waals surface area contributed by atoms with Crippen LogP contribution in [0.5, 0.6) is 0 Å². The maximum atomic E-state index is 11.9. The molecule has 1 aliphatic rings. The molecule has 1 aliphatic heterocycles. The van der Waals surface area contributed by atoms with Gasteiger partial charge in [-0.2, -0.15) is 11.8 Å². The van der Waals surface area contributed by atoms with E-state index in [1.165, 1.54) is 0 Å². The lowest BCUT2D eigenvalue weighted by atomic mass is 10.4. The first kappa shape index (κ1) is 14.5. The maximum Gasteiger partial charge on any atom is 0.234 e. The molecule has 1 unspecified atom stereocenters. The predicted molar refractivity (Wildman–Crippen MR) is 84.1 cm³/mol. The van der Waals surface area contributed by atoms with Crippen LogP contribution in [0.1, 0.15) is 0 Å². The molecule has 1 fully saturated rings. The second kappa shape index (κ2) is 7.65. The van der Waals surface area contributed by atoms with Gasteiger partial charge in [-0.3, -0.25) is 4.79 Å². The zero-order chi connectivity index (χ0) is 13.5. The minimum absolute atomic E-state index is 0.124. The van der Waals surface area contributed by atoms with Crippen molar-refractivity contribution in [2.24, 2.45) is 0 Å². The van der Waals surface area contributed by atoms with Crippen LogP contribution in [0, 0.1) is 0 Å². The third-order valence-electron chi connectivity index (χ3n) is 2.90. The minimum atomic E-state index is 0.124. The van der Waals surface area contributed by atoms with Gasteiger partial charge in [0.2, 0.25) is 5.91 Å². The molecular formula is C13H19N3OS2. The highest BCUT2D eigenvalue weighted by Gasteiger charge is 2.21. The van der Waals surface area contributed by atoms with Crippen LogP contribution in [0.25, 0.3) is 0 Å². The Balaban J connectivity index is 1.69. The third-order valence-corrected chi connectivity index (χ3v) is 5.65. The third kappa shape index (κ3) is 4.62. The largest absolute Gasteiger partial charge is 0.358 e. The van der Waals surface area contributed by atoms with Gasteiger partial charge in [0.1, 0.15) is 5.82 Å². The van der Waals surface area contributed by atoms with Crippen molar-refractivity contribution in [1.82, 2.24) is 10.3 Å². The average Bonchev–Trinajstić information content (AvgIpc) is 2.49. The predicted octanol–water partition coefficient (Wildman–Crippen LogP) is 1.48. The normalized spacial score (nSPS) is 18.9. The molecule has 2 rings (SSSR count). The van der Waals surface area contributed by atoms with Gasteiger partial charge in [0.25, 0.3) is 0 Å². The van der Waals surface area contributed by atoms with Crippen LogP contribution >= 0.6 is 23.5 Å². The Morgan fingerprint density at radius 1 is 1.53 bits per heavy atom. The molecule has 1 amide bonds. The van der Waals surface area contributed by atoms with Crippen LogP contribution in [0.3, 0.4) is 0 Å². The molecule has 1 N–H and O–H groups in total. The number of thioether (sulfide) groups is 2. The fourth-order valence-electron chi connectivity index (χ4n) is 1.79. The molecule has 1 aromatic heterocycles. The molecular weight excluding hydrogens is 278 g/mol. The first-order valence-corrected chi connectivity index (χ1v) is 8.57. The van der Waals surface area contributed by atoms with E-state index < -0.39 is 0 Å². The van der Waals surface area contributed by atoms with Crippen molar-refractivity contribution in [2.75, 3.05) is 42.3 Å². The summed E-state index contributed by atoms with van der Waals surface area (Å²) in [6.45, 7) is 1.43. The van der Waals surface area contributed by atoms with Gasteiger partial charge in [0.15, 0.2) is 0 Å². The van der Waals surface area contributed by atoms with E-state index in [0.29, 0.717) is 6.54 Å². The summed E-state index contributed by atoms with van der Waals surface area (Å²) in [4.78, 5) is 18.3. The van der Waals surface area contributed by atoms with Crippen LogP contribution in [-0.4, -0.2) is 53.5 Å². The standard InChI is InChI=1S/C13H19N3OS2/c1-16(12-4-2-3-5-14-12)7-6-15-13(17)11-10-18-8-9-19-11/h2-5,11H,6-10H2,1H3,(H,15,17). The zero-order valence-electron chi connectivity index (χ0n) is 11.0. The highest BCUT2D eigenvalue weighted by Crippen LogP contribution is 2.23. The molecule has 1 atom stereocenters. The fraction of sp³-hybridized carbons (Fsp3) is 0.538. The van der Waals surface area contributed by atoms with Gasteiger partial charge in [-0.15, -0.1) is 11.8 Å². The van der Waals surface area contributed by atoms with E-state index in [0.717, 1.165) is 29.6 Å². The van der Waals surface area contributed by atoms with Gasteiger partial charge >= 0.3 is 0 Å². The van der Waals surface area contributed by atoms with E-state index in [2.05, 4.69) is 10.3 Å². The highest BCUT2D eigenvalue weighted by molar-refractivity contribution is 8.07. The Morgan fingerprint density at radius 2 is 2.42 bits per heavy atom. The molecule has 1 aromatic rings. The number of carbonyl (C=O) groups excluding carboxylic acids is 1. The van der Waals surface area contributed by atoms with Gasteiger partial charge in [0.05, 0.1) is 5.25 Å². The number of hydrogen-bond donors (Lipinski definition) is 1. The molecule has 0 spiro atoms. The number of carbonyl (C=O) groups is 1. The van der Waals surface area contributed by atoms with E-state index >= 15 is 0 Å². The van der Waals surface area contributed by atoms with Crippen LogP contribution < -0.4 is 10.2 Å². The van der Waals surface area contributed by atoms with Gasteiger partial charge in [-0.05, 0) is 12.1 Å².